The summed E-state index contributed by atoms with van der Waals surface area (Å²) < 4.78 is 5.27. The fourth-order valence-corrected chi connectivity index (χ4v) is 5.25. The van der Waals surface area contributed by atoms with Gasteiger partial charge in [0.2, 0.25) is 5.91 Å². The number of esters is 1. The van der Waals surface area contributed by atoms with Gasteiger partial charge in [-0.2, -0.15) is 0 Å². The first-order valence-corrected chi connectivity index (χ1v) is 12.3. The smallest absolute Gasteiger partial charge is 0.327 e. The fourth-order valence-electron chi connectivity index (χ4n) is 5.25. The monoisotopic (exact) mass is 478 g/mol. The first-order chi connectivity index (χ1) is 15.9. The number of amides is 5. The number of ether oxygens (including phenoxy) is 1. The van der Waals surface area contributed by atoms with E-state index >= 15 is 0 Å². The van der Waals surface area contributed by atoms with Crippen molar-refractivity contribution in [3.8, 4) is 0 Å². The van der Waals surface area contributed by atoms with E-state index < -0.39 is 30.2 Å². The second-order valence-corrected chi connectivity index (χ2v) is 10.5. The van der Waals surface area contributed by atoms with E-state index in [9.17, 15) is 24.0 Å². The van der Waals surface area contributed by atoms with Crippen LogP contribution in [0.25, 0.3) is 0 Å². The Bertz CT molecular complexity index is 840. The highest BCUT2D eigenvalue weighted by Gasteiger charge is 2.54. The minimum Gasteiger partial charge on any atom is -0.451 e. The number of rotatable bonds is 6. The Morgan fingerprint density at radius 3 is 2.18 bits per heavy atom. The number of urea groups is 1. The maximum absolute atomic E-state index is 13.1. The Labute approximate surface area is 201 Å². The van der Waals surface area contributed by atoms with Gasteiger partial charge in [0.25, 0.3) is 11.8 Å². The van der Waals surface area contributed by atoms with E-state index in [0.717, 1.165) is 24.2 Å². The summed E-state index contributed by atoms with van der Waals surface area (Å²) in [6.07, 6.45) is 2.79. The Kier molecular flexibility index (Phi) is 7.57. The maximum Gasteiger partial charge on any atom is 0.327 e. The van der Waals surface area contributed by atoms with Gasteiger partial charge in [-0.3, -0.25) is 24.1 Å². The zero-order valence-electron chi connectivity index (χ0n) is 21.0. The molecule has 3 fully saturated rings. The van der Waals surface area contributed by atoms with Crippen LogP contribution in [0.15, 0.2) is 0 Å². The van der Waals surface area contributed by atoms with Crippen molar-refractivity contribution in [1.82, 2.24) is 20.0 Å². The fraction of sp³-hybridized carbons (Fsp3) is 0.792. The van der Waals surface area contributed by atoms with Gasteiger partial charge in [-0.25, -0.2) is 4.79 Å². The molecule has 34 heavy (non-hydrogen) atoms. The Morgan fingerprint density at radius 2 is 1.65 bits per heavy atom. The van der Waals surface area contributed by atoms with Gasteiger partial charge in [0.15, 0.2) is 6.10 Å². The minimum absolute atomic E-state index is 0.0412. The number of carbonyl (C=O) groups is 5. The summed E-state index contributed by atoms with van der Waals surface area (Å²) >= 11 is 0. The molecular formula is C24H38N4O6. The van der Waals surface area contributed by atoms with Crippen LogP contribution in [0.3, 0.4) is 0 Å². The molecule has 2 heterocycles. The summed E-state index contributed by atoms with van der Waals surface area (Å²) in [6.45, 7) is 10.7. The van der Waals surface area contributed by atoms with Crippen molar-refractivity contribution >= 4 is 29.7 Å². The zero-order valence-corrected chi connectivity index (χ0v) is 21.0. The Hall–Kier alpha value is -2.65. The lowest BCUT2D eigenvalue weighted by Gasteiger charge is -2.42. The van der Waals surface area contributed by atoms with Crippen molar-refractivity contribution in [2.75, 3.05) is 32.7 Å². The molecule has 1 spiro atoms. The Balaban J connectivity index is 1.52. The second-order valence-electron chi connectivity index (χ2n) is 10.5. The van der Waals surface area contributed by atoms with E-state index in [2.05, 4.69) is 26.1 Å². The molecule has 0 aromatic carbocycles. The minimum atomic E-state index is -1.04. The summed E-state index contributed by atoms with van der Waals surface area (Å²) in [6, 6.07) is -0.588. The molecule has 1 unspecified atom stereocenters. The molecule has 1 saturated carbocycles. The third kappa shape index (κ3) is 5.20. The van der Waals surface area contributed by atoms with Gasteiger partial charge < -0.3 is 19.9 Å². The van der Waals surface area contributed by atoms with E-state index in [-0.39, 0.29) is 23.1 Å². The van der Waals surface area contributed by atoms with Crippen LogP contribution in [0.1, 0.15) is 66.7 Å². The third-order valence-corrected chi connectivity index (χ3v) is 8.08. The van der Waals surface area contributed by atoms with Crippen molar-refractivity contribution in [2.24, 2.45) is 11.3 Å². The molecule has 2 saturated heterocycles. The average Bonchev–Trinajstić information content (AvgIpc) is 3.02. The second kappa shape index (κ2) is 9.92. The molecule has 3 aliphatic rings. The predicted octanol–water partition coefficient (Wildman–Crippen LogP) is 1.53. The number of piperazine rings is 1. The first-order valence-electron chi connectivity index (χ1n) is 12.3. The highest BCUT2D eigenvalue weighted by atomic mass is 16.5. The molecule has 1 N–H and O–H groups in total. The van der Waals surface area contributed by atoms with Crippen molar-refractivity contribution < 1.29 is 28.7 Å². The van der Waals surface area contributed by atoms with Gasteiger partial charge in [0.05, 0.1) is 0 Å². The van der Waals surface area contributed by atoms with E-state index in [1.54, 1.807) is 9.80 Å². The number of hydrogen-bond donors (Lipinski definition) is 1. The molecule has 0 aromatic heterocycles. The molecular weight excluding hydrogens is 440 g/mol. The lowest BCUT2D eigenvalue weighted by atomic mass is 9.65. The van der Waals surface area contributed by atoms with Gasteiger partial charge in [-0.05, 0) is 43.9 Å². The van der Waals surface area contributed by atoms with Crippen LogP contribution in [-0.2, 0) is 23.9 Å². The summed E-state index contributed by atoms with van der Waals surface area (Å²) in [7, 11) is 0. The van der Waals surface area contributed by atoms with Crippen molar-refractivity contribution in [3.63, 3.8) is 0 Å². The summed E-state index contributed by atoms with van der Waals surface area (Å²) in [5.41, 5.74) is -0.770. The molecule has 10 nitrogen and oxygen atoms in total. The summed E-state index contributed by atoms with van der Waals surface area (Å²) in [4.78, 5) is 66.4. The molecule has 0 aromatic rings. The quantitative estimate of drug-likeness (QED) is 0.457. The van der Waals surface area contributed by atoms with Crippen LogP contribution in [0.2, 0.25) is 0 Å². The predicted molar refractivity (Wildman–Crippen MR) is 123 cm³/mol. The average molecular weight is 479 g/mol. The topological polar surface area (TPSA) is 116 Å². The van der Waals surface area contributed by atoms with Gasteiger partial charge in [0.1, 0.15) is 12.1 Å². The van der Waals surface area contributed by atoms with E-state index in [4.69, 9.17) is 4.74 Å². The van der Waals surface area contributed by atoms with Crippen LogP contribution in [0.5, 0.6) is 0 Å². The molecule has 0 radical (unpaired) electrons. The lowest BCUT2D eigenvalue weighted by Crippen LogP contribution is -2.53. The Morgan fingerprint density at radius 1 is 1.09 bits per heavy atom. The SMILES string of the molecule is CCC(C)(C)C1CCC2(CC1)NC(=O)N(CC(=O)OC(C)C(=O)N1CCN(C(C)=O)CC1)C2=O. The van der Waals surface area contributed by atoms with Crippen molar-refractivity contribution in [2.45, 2.75) is 78.4 Å². The molecule has 1 atom stereocenters. The van der Waals surface area contributed by atoms with Crippen LogP contribution < -0.4 is 5.32 Å². The standard InChI is InChI=1S/C24H38N4O6/c1-6-23(4,5)18-7-9-24(10-8-18)21(32)28(22(33)25-24)15-19(30)34-16(2)20(31)27-13-11-26(12-14-27)17(3)29/h16,18H,6-15H2,1-5H3,(H,25,33). The number of nitrogens with zero attached hydrogens (tertiary/aromatic N) is 3. The largest absolute Gasteiger partial charge is 0.451 e. The van der Waals surface area contributed by atoms with Crippen LogP contribution in [0, 0.1) is 11.3 Å². The van der Waals surface area contributed by atoms with Crippen LogP contribution >= 0.6 is 0 Å². The molecule has 10 heteroatoms. The highest BCUT2D eigenvalue weighted by molar-refractivity contribution is 6.08. The molecule has 2 aliphatic heterocycles. The van der Waals surface area contributed by atoms with E-state index in [1.165, 1.54) is 13.8 Å². The van der Waals surface area contributed by atoms with E-state index in [1.807, 2.05) is 0 Å². The molecule has 5 amide bonds. The molecule has 3 rings (SSSR count). The highest BCUT2D eigenvalue weighted by Crippen LogP contribution is 2.45. The third-order valence-electron chi connectivity index (χ3n) is 8.08. The lowest BCUT2D eigenvalue weighted by molar-refractivity contribution is -0.161. The van der Waals surface area contributed by atoms with Gasteiger partial charge in [0, 0.05) is 33.1 Å². The van der Waals surface area contributed by atoms with Gasteiger partial charge in [-0.1, -0.05) is 27.2 Å². The van der Waals surface area contributed by atoms with Crippen molar-refractivity contribution in [3.05, 3.63) is 0 Å². The molecule has 190 valence electrons. The number of carbonyl (C=O) groups excluding carboxylic acids is 5. The van der Waals surface area contributed by atoms with Crippen molar-refractivity contribution in [1.29, 1.82) is 0 Å². The molecule has 1 aliphatic carbocycles. The van der Waals surface area contributed by atoms with E-state index in [0.29, 0.717) is 44.9 Å². The molecule has 0 bridgehead atoms. The number of imide groups is 1. The van der Waals surface area contributed by atoms with Gasteiger partial charge in [-0.15, -0.1) is 0 Å². The van der Waals surface area contributed by atoms with Gasteiger partial charge >= 0.3 is 12.0 Å². The number of hydrogen-bond acceptors (Lipinski definition) is 6. The van der Waals surface area contributed by atoms with Crippen LogP contribution in [-0.4, -0.2) is 88.8 Å². The van der Waals surface area contributed by atoms with Crippen LogP contribution in [0.4, 0.5) is 4.79 Å². The summed E-state index contributed by atoms with van der Waals surface area (Å²) in [5.74, 6) is -1.11. The maximum atomic E-state index is 13.1. The number of nitrogens with one attached hydrogen (secondary N) is 1. The zero-order chi connectivity index (χ0) is 25.3. The normalized spacial score (nSPS) is 26.5. The first kappa shape index (κ1) is 26.0. The summed E-state index contributed by atoms with van der Waals surface area (Å²) in [5, 5.41) is 2.83.